The number of fused-ring (bicyclic) bond motifs is 1. The highest BCUT2D eigenvalue weighted by molar-refractivity contribution is 5.79. The molecule has 5 heteroatoms. The van der Waals surface area contributed by atoms with Crippen molar-refractivity contribution in [3.63, 3.8) is 0 Å². The van der Waals surface area contributed by atoms with Gasteiger partial charge in [0.25, 0.3) is 0 Å². The van der Waals surface area contributed by atoms with Crippen LogP contribution in [0.15, 0.2) is 24.5 Å². The topological polar surface area (TPSA) is 92.0 Å². The van der Waals surface area contributed by atoms with Crippen LogP contribution in [0.1, 0.15) is 18.4 Å². The molecule has 1 unspecified atom stereocenters. The van der Waals surface area contributed by atoms with Gasteiger partial charge in [-0.25, -0.2) is 4.98 Å². The number of nitrogens with one attached hydrogen (secondary N) is 1. The Labute approximate surface area is 98.7 Å². The molecule has 5 nitrogen and oxygen atoms in total. The molecule has 0 spiro atoms. The van der Waals surface area contributed by atoms with Gasteiger partial charge in [0.2, 0.25) is 0 Å². The molecule has 4 N–H and O–H groups in total. The molecule has 0 aromatic carbocycles. The SMILES string of the molecule is NC(CCC(=O)O)Cc1c[nH]c2ncccc12. The number of aromatic amines is 1. The summed E-state index contributed by atoms with van der Waals surface area (Å²) >= 11 is 0. The van der Waals surface area contributed by atoms with Gasteiger partial charge >= 0.3 is 5.97 Å². The molecular formula is C12H15N3O2. The summed E-state index contributed by atoms with van der Waals surface area (Å²) in [6.45, 7) is 0. The Hall–Kier alpha value is -1.88. The van der Waals surface area contributed by atoms with Crippen molar-refractivity contribution in [2.75, 3.05) is 0 Å². The van der Waals surface area contributed by atoms with Crippen LogP contribution in [0, 0.1) is 0 Å². The minimum Gasteiger partial charge on any atom is -0.481 e. The molecule has 0 bridgehead atoms. The first-order chi connectivity index (χ1) is 8.16. The molecule has 2 aromatic heterocycles. The summed E-state index contributed by atoms with van der Waals surface area (Å²) < 4.78 is 0. The molecule has 0 saturated carbocycles. The van der Waals surface area contributed by atoms with Crippen LogP contribution in [-0.2, 0) is 11.2 Å². The van der Waals surface area contributed by atoms with E-state index in [1.807, 2.05) is 18.3 Å². The van der Waals surface area contributed by atoms with Crippen LogP contribution in [0.4, 0.5) is 0 Å². The van der Waals surface area contributed by atoms with Gasteiger partial charge in [-0.2, -0.15) is 0 Å². The molecule has 2 rings (SSSR count). The number of hydrogen-bond acceptors (Lipinski definition) is 3. The molecule has 1 atom stereocenters. The van der Waals surface area contributed by atoms with Gasteiger partial charge in [0.1, 0.15) is 5.65 Å². The summed E-state index contributed by atoms with van der Waals surface area (Å²) in [5, 5.41) is 9.64. The van der Waals surface area contributed by atoms with Gasteiger partial charge in [0.05, 0.1) is 0 Å². The predicted molar refractivity (Wildman–Crippen MR) is 64.6 cm³/mol. The van der Waals surface area contributed by atoms with Crippen LogP contribution in [-0.4, -0.2) is 27.1 Å². The summed E-state index contributed by atoms with van der Waals surface area (Å²) in [6, 6.07) is 3.73. The van der Waals surface area contributed by atoms with E-state index >= 15 is 0 Å². The summed E-state index contributed by atoms with van der Waals surface area (Å²) in [4.78, 5) is 17.7. The zero-order chi connectivity index (χ0) is 12.3. The number of nitrogens with zero attached hydrogens (tertiary/aromatic N) is 1. The number of carbonyl (C=O) groups is 1. The van der Waals surface area contributed by atoms with E-state index in [4.69, 9.17) is 10.8 Å². The highest BCUT2D eigenvalue weighted by Crippen LogP contribution is 2.17. The van der Waals surface area contributed by atoms with Crippen LogP contribution < -0.4 is 5.73 Å². The quantitative estimate of drug-likeness (QED) is 0.725. The van der Waals surface area contributed by atoms with Gasteiger partial charge in [0.15, 0.2) is 0 Å². The minimum absolute atomic E-state index is 0.113. The summed E-state index contributed by atoms with van der Waals surface area (Å²) in [5.41, 5.74) is 7.84. The van der Waals surface area contributed by atoms with E-state index < -0.39 is 5.97 Å². The maximum atomic E-state index is 10.4. The van der Waals surface area contributed by atoms with Gasteiger partial charge in [-0.05, 0) is 30.5 Å². The van der Waals surface area contributed by atoms with Crippen LogP contribution in [0.25, 0.3) is 11.0 Å². The molecular weight excluding hydrogens is 218 g/mol. The number of nitrogens with two attached hydrogens (primary N) is 1. The first-order valence-corrected chi connectivity index (χ1v) is 5.55. The van der Waals surface area contributed by atoms with E-state index in [0.717, 1.165) is 16.6 Å². The number of aromatic nitrogens is 2. The fourth-order valence-electron chi connectivity index (χ4n) is 1.87. The Morgan fingerprint density at radius 3 is 3.18 bits per heavy atom. The maximum absolute atomic E-state index is 10.4. The Bertz CT molecular complexity index is 521. The van der Waals surface area contributed by atoms with Crippen LogP contribution in [0.2, 0.25) is 0 Å². The van der Waals surface area contributed by atoms with E-state index in [9.17, 15) is 4.79 Å². The van der Waals surface area contributed by atoms with Crippen molar-refractivity contribution in [3.05, 3.63) is 30.1 Å². The Balaban J connectivity index is 2.05. The fourth-order valence-corrected chi connectivity index (χ4v) is 1.87. The molecule has 0 fully saturated rings. The molecule has 0 saturated heterocycles. The minimum atomic E-state index is -0.805. The second-order valence-electron chi connectivity index (χ2n) is 4.11. The van der Waals surface area contributed by atoms with Crippen LogP contribution in [0.3, 0.4) is 0 Å². The van der Waals surface area contributed by atoms with Crippen molar-refractivity contribution in [2.24, 2.45) is 5.73 Å². The summed E-state index contributed by atoms with van der Waals surface area (Å²) in [5.74, 6) is -0.805. The number of carboxylic acid groups (broad SMARTS) is 1. The molecule has 0 aliphatic carbocycles. The number of pyridine rings is 1. The molecule has 0 radical (unpaired) electrons. The van der Waals surface area contributed by atoms with E-state index in [0.29, 0.717) is 12.8 Å². The molecule has 0 aliphatic heterocycles. The lowest BCUT2D eigenvalue weighted by Gasteiger charge is -2.08. The van der Waals surface area contributed by atoms with Crippen molar-refractivity contribution in [2.45, 2.75) is 25.3 Å². The number of aliphatic carboxylic acids is 1. The molecule has 17 heavy (non-hydrogen) atoms. The fraction of sp³-hybridized carbons (Fsp3) is 0.333. The van der Waals surface area contributed by atoms with E-state index in [1.54, 1.807) is 6.20 Å². The number of hydrogen-bond donors (Lipinski definition) is 3. The standard InChI is InChI=1S/C12H15N3O2/c13-9(3-4-11(16)17)6-8-7-15-12-10(8)2-1-5-14-12/h1-2,5,7,9H,3-4,6,13H2,(H,14,15)(H,16,17). The van der Waals surface area contributed by atoms with Gasteiger partial charge < -0.3 is 15.8 Å². The van der Waals surface area contributed by atoms with Gasteiger partial charge in [0, 0.05) is 30.2 Å². The predicted octanol–water partition coefficient (Wildman–Crippen LogP) is 1.30. The van der Waals surface area contributed by atoms with Crippen LogP contribution in [0.5, 0.6) is 0 Å². The average molecular weight is 233 g/mol. The molecule has 2 heterocycles. The lowest BCUT2D eigenvalue weighted by atomic mass is 10.0. The molecule has 0 amide bonds. The first kappa shape index (κ1) is 11.6. The van der Waals surface area contributed by atoms with Crippen molar-refractivity contribution < 1.29 is 9.90 Å². The Kier molecular flexibility index (Phi) is 3.39. The van der Waals surface area contributed by atoms with Crippen molar-refractivity contribution in [1.29, 1.82) is 0 Å². The zero-order valence-electron chi connectivity index (χ0n) is 9.39. The second-order valence-corrected chi connectivity index (χ2v) is 4.11. The largest absolute Gasteiger partial charge is 0.481 e. The van der Waals surface area contributed by atoms with E-state index in [1.165, 1.54) is 0 Å². The number of H-pyrrole nitrogens is 1. The third-order valence-electron chi connectivity index (χ3n) is 2.75. The van der Waals surface area contributed by atoms with Gasteiger partial charge in [-0.15, -0.1) is 0 Å². The van der Waals surface area contributed by atoms with Crippen molar-refractivity contribution >= 4 is 17.0 Å². The molecule has 2 aromatic rings. The number of carboxylic acids is 1. The third-order valence-corrected chi connectivity index (χ3v) is 2.75. The monoisotopic (exact) mass is 233 g/mol. The number of rotatable bonds is 5. The summed E-state index contributed by atoms with van der Waals surface area (Å²) in [7, 11) is 0. The maximum Gasteiger partial charge on any atom is 0.303 e. The normalized spacial score (nSPS) is 12.8. The smallest absolute Gasteiger partial charge is 0.303 e. The Morgan fingerprint density at radius 1 is 1.59 bits per heavy atom. The highest BCUT2D eigenvalue weighted by Gasteiger charge is 2.10. The van der Waals surface area contributed by atoms with Crippen LogP contribution >= 0.6 is 0 Å². The van der Waals surface area contributed by atoms with Gasteiger partial charge in [-0.1, -0.05) is 0 Å². The Morgan fingerprint density at radius 2 is 2.41 bits per heavy atom. The average Bonchev–Trinajstić information content (AvgIpc) is 2.70. The summed E-state index contributed by atoms with van der Waals surface area (Å²) in [6.07, 6.45) is 4.88. The van der Waals surface area contributed by atoms with Gasteiger partial charge in [-0.3, -0.25) is 4.79 Å². The third kappa shape index (κ3) is 2.82. The lowest BCUT2D eigenvalue weighted by Crippen LogP contribution is -2.23. The van der Waals surface area contributed by atoms with Crippen molar-refractivity contribution in [1.82, 2.24) is 9.97 Å². The molecule has 0 aliphatic rings. The second kappa shape index (κ2) is 4.97. The first-order valence-electron chi connectivity index (χ1n) is 5.55. The van der Waals surface area contributed by atoms with E-state index in [-0.39, 0.29) is 12.5 Å². The van der Waals surface area contributed by atoms with Crippen molar-refractivity contribution in [3.8, 4) is 0 Å². The zero-order valence-corrected chi connectivity index (χ0v) is 9.39. The highest BCUT2D eigenvalue weighted by atomic mass is 16.4. The van der Waals surface area contributed by atoms with E-state index in [2.05, 4.69) is 9.97 Å². The molecule has 90 valence electrons. The lowest BCUT2D eigenvalue weighted by molar-refractivity contribution is -0.137.